The number of carbonyl (C=O) groups is 1. The first-order valence-electron chi connectivity index (χ1n) is 9.32. The molecule has 0 aliphatic carbocycles. The molecule has 2 aromatic carbocycles. The Hall–Kier alpha value is -3.00. The van der Waals surface area contributed by atoms with Gasteiger partial charge in [-0.3, -0.25) is 4.79 Å². The standard InChI is InChI=1S/C21H24N4O3S/c1-4-25-20(15(2)28-18-8-6-5-7-9-18)23-24-21(25)29-14-19(26)22-16-10-12-17(27-3)13-11-16/h5-13,15H,4,14H2,1-3H3,(H,22,26)/t15-/m1/s1. The van der Waals surface area contributed by atoms with Crippen LogP contribution >= 0.6 is 11.8 Å². The normalized spacial score (nSPS) is 11.7. The molecule has 0 spiro atoms. The zero-order valence-electron chi connectivity index (χ0n) is 16.7. The summed E-state index contributed by atoms with van der Waals surface area (Å²) >= 11 is 1.35. The number of hydrogen-bond acceptors (Lipinski definition) is 6. The second kappa shape index (κ2) is 9.97. The molecule has 1 aromatic heterocycles. The van der Waals surface area contributed by atoms with Crippen LogP contribution in [0.2, 0.25) is 0 Å². The Morgan fingerprint density at radius 2 is 1.83 bits per heavy atom. The lowest BCUT2D eigenvalue weighted by Crippen LogP contribution is -2.15. The number of nitrogens with zero attached hydrogens (tertiary/aromatic N) is 3. The highest BCUT2D eigenvalue weighted by Gasteiger charge is 2.19. The summed E-state index contributed by atoms with van der Waals surface area (Å²) in [6, 6.07) is 16.8. The van der Waals surface area contributed by atoms with E-state index in [0.717, 1.165) is 23.0 Å². The van der Waals surface area contributed by atoms with Gasteiger partial charge >= 0.3 is 0 Å². The number of anilines is 1. The van der Waals surface area contributed by atoms with Gasteiger partial charge in [0, 0.05) is 12.2 Å². The number of hydrogen-bond donors (Lipinski definition) is 1. The topological polar surface area (TPSA) is 78.3 Å². The van der Waals surface area contributed by atoms with Crippen molar-refractivity contribution in [2.45, 2.75) is 31.7 Å². The minimum Gasteiger partial charge on any atom is -0.497 e. The van der Waals surface area contributed by atoms with E-state index in [1.54, 1.807) is 31.4 Å². The monoisotopic (exact) mass is 412 g/mol. The number of para-hydroxylation sites is 1. The summed E-state index contributed by atoms with van der Waals surface area (Å²) in [4.78, 5) is 12.3. The second-order valence-corrected chi connectivity index (χ2v) is 7.17. The fourth-order valence-corrected chi connectivity index (χ4v) is 3.57. The van der Waals surface area contributed by atoms with Crippen LogP contribution in [0.15, 0.2) is 59.8 Å². The van der Waals surface area contributed by atoms with E-state index in [4.69, 9.17) is 9.47 Å². The van der Waals surface area contributed by atoms with Crippen LogP contribution in [0.1, 0.15) is 25.8 Å². The number of aromatic nitrogens is 3. The first-order valence-corrected chi connectivity index (χ1v) is 10.3. The molecule has 0 aliphatic rings. The van der Waals surface area contributed by atoms with Crippen LogP contribution in [0.4, 0.5) is 5.69 Å². The molecule has 0 unspecified atom stereocenters. The predicted molar refractivity (Wildman–Crippen MR) is 114 cm³/mol. The molecule has 7 nitrogen and oxygen atoms in total. The van der Waals surface area contributed by atoms with E-state index in [9.17, 15) is 4.79 Å². The molecule has 1 atom stereocenters. The zero-order chi connectivity index (χ0) is 20.6. The summed E-state index contributed by atoms with van der Waals surface area (Å²) < 4.78 is 13.0. The Bertz CT molecular complexity index is 929. The van der Waals surface area contributed by atoms with Crippen LogP contribution in [-0.2, 0) is 11.3 Å². The number of methoxy groups -OCH3 is 1. The zero-order valence-corrected chi connectivity index (χ0v) is 17.5. The molecule has 0 radical (unpaired) electrons. The fraction of sp³-hybridized carbons (Fsp3) is 0.286. The third-order valence-corrected chi connectivity index (χ3v) is 5.15. The van der Waals surface area contributed by atoms with Crippen molar-refractivity contribution < 1.29 is 14.3 Å². The molecular formula is C21H24N4O3S. The van der Waals surface area contributed by atoms with Crippen molar-refractivity contribution in [2.24, 2.45) is 0 Å². The van der Waals surface area contributed by atoms with Gasteiger partial charge in [0.2, 0.25) is 5.91 Å². The number of carbonyl (C=O) groups excluding carboxylic acids is 1. The van der Waals surface area contributed by atoms with Gasteiger partial charge in [-0.15, -0.1) is 10.2 Å². The van der Waals surface area contributed by atoms with Crippen molar-refractivity contribution in [1.82, 2.24) is 14.8 Å². The van der Waals surface area contributed by atoms with Crippen molar-refractivity contribution >= 4 is 23.4 Å². The summed E-state index contributed by atoms with van der Waals surface area (Å²) in [5.41, 5.74) is 0.721. The van der Waals surface area contributed by atoms with Crippen LogP contribution in [0.5, 0.6) is 11.5 Å². The summed E-state index contributed by atoms with van der Waals surface area (Å²) in [6.07, 6.45) is -0.257. The summed E-state index contributed by atoms with van der Waals surface area (Å²) in [7, 11) is 1.61. The number of benzene rings is 2. The van der Waals surface area contributed by atoms with E-state index in [1.165, 1.54) is 11.8 Å². The maximum atomic E-state index is 12.3. The first kappa shape index (κ1) is 20.7. The van der Waals surface area contributed by atoms with Crippen LogP contribution in [0.3, 0.4) is 0 Å². The summed E-state index contributed by atoms with van der Waals surface area (Å²) in [5, 5.41) is 12.1. The molecule has 0 aliphatic heterocycles. The van der Waals surface area contributed by atoms with Crippen molar-refractivity contribution in [3.05, 3.63) is 60.4 Å². The van der Waals surface area contributed by atoms with Gasteiger partial charge in [-0.2, -0.15) is 0 Å². The fourth-order valence-electron chi connectivity index (χ4n) is 2.76. The molecule has 1 heterocycles. The molecule has 3 rings (SSSR count). The van der Waals surface area contributed by atoms with E-state index in [2.05, 4.69) is 15.5 Å². The van der Waals surface area contributed by atoms with E-state index in [-0.39, 0.29) is 17.8 Å². The van der Waals surface area contributed by atoms with Gasteiger partial charge in [-0.1, -0.05) is 30.0 Å². The molecule has 3 aromatic rings. The SMILES string of the molecule is CCn1c(SCC(=O)Nc2ccc(OC)cc2)nnc1[C@@H](C)Oc1ccccc1. The third kappa shape index (κ3) is 5.51. The van der Waals surface area contributed by atoms with Crippen molar-refractivity contribution in [3.63, 3.8) is 0 Å². The molecule has 1 amide bonds. The summed E-state index contributed by atoms with van der Waals surface area (Å²) in [6.45, 7) is 4.64. The first-order chi connectivity index (χ1) is 14.1. The Kier molecular flexibility index (Phi) is 7.13. The van der Waals surface area contributed by atoms with Crippen molar-refractivity contribution in [3.8, 4) is 11.5 Å². The number of rotatable bonds is 9. The lowest BCUT2D eigenvalue weighted by atomic mass is 10.3. The van der Waals surface area contributed by atoms with Gasteiger partial charge < -0.3 is 19.4 Å². The Morgan fingerprint density at radius 1 is 1.10 bits per heavy atom. The van der Waals surface area contributed by atoms with Crippen molar-refractivity contribution in [1.29, 1.82) is 0 Å². The third-order valence-electron chi connectivity index (χ3n) is 4.19. The average Bonchev–Trinajstić information content (AvgIpc) is 3.16. The minimum atomic E-state index is -0.257. The molecule has 0 saturated heterocycles. The van der Waals surface area contributed by atoms with Crippen LogP contribution in [-0.4, -0.2) is 33.5 Å². The van der Waals surface area contributed by atoms with Crippen LogP contribution in [0, 0.1) is 0 Å². The van der Waals surface area contributed by atoms with Crippen LogP contribution in [0.25, 0.3) is 0 Å². The molecule has 1 N–H and O–H groups in total. The van der Waals surface area contributed by atoms with Gasteiger partial charge in [0.15, 0.2) is 17.1 Å². The highest BCUT2D eigenvalue weighted by atomic mass is 32.2. The van der Waals surface area contributed by atoms with Crippen molar-refractivity contribution in [2.75, 3.05) is 18.2 Å². The quantitative estimate of drug-likeness (QED) is 0.531. The predicted octanol–water partition coefficient (Wildman–Crippen LogP) is 4.18. The van der Waals surface area contributed by atoms with E-state index in [1.807, 2.05) is 48.7 Å². The Balaban J connectivity index is 1.60. The Morgan fingerprint density at radius 3 is 2.48 bits per heavy atom. The minimum absolute atomic E-state index is 0.110. The van der Waals surface area contributed by atoms with E-state index < -0.39 is 0 Å². The highest BCUT2D eigenvalue weighted by Crippen LogP contribution is 2.24. The van der Waals surface area contributed by atoms with E-state index >= 15 is 0 Å². The smallest absolute Gasteiger partial charge is 0.234 e. The maximum Gasteiger partial charge on any atom is 0.234 e. The highest BCUT2D eigenvalue weighted by molar-refractivity contribution is 7.99. The molecule has 152 valence electrons. The largest absolute Gasteiger partial charge is 0.497 e. The molecule has 29 heavy (non-hydrogen) atoms. The molecule has 8 heteroatoms. The molecule has 0 fully saturated rings. The lowest BCUT2D eigenvalue weighted by molar-refractivity contribution is -0.113. The van der Waals surface area contributed by atoms with Gasteiger partial charge in [0.05, 0.1) is 12.9 Å². The van der Waals surface area contributed by atoms with Gasteiger partial charge in [-0.25, -0.2) is 0 Å². The number of thioether (sulfide) groups is 1. The van der Waals surface area contributed by atoms with E-state index in [0.29, 0.717) is 11.7 Å². The molecule has 0 saturated carbocycles. The van der Waals surface area contributed by atoms with Gasteiger partial charge in [0.25, 0.3) is 0 Å². The number of amides is 1. The second-order valence-electron chi connectivity index (χ2n) is 6.22. The van der Waals surface area contributed by atoms with Gasteiger partial charge in [0.1, 0.15) is 11.5 Å². The average molecular weight is 413 g/mol. The molecular weight excluding hydrogens is 388 g/mol. The lowest BCUT2D eigenvalue weighted by Gasteiger charge is -2.15. The van der Waals surface area contributed by atoms with Gasteiger partial charge in [-0.05, 0) is 50.2 Å². The summed E-state index contributed by atoms with van der Waals surface area (Å²) in [5.74, 6) is 2.37. The number of ether oxygens (including phenoxy) is 2. The number of nitrogens with one attached hydrogen (secondary N) is 1. The molecule has 0 bridgehead atoms. The maximum absolute atomic E-state index is 12.3. The van der Waals surface area contributed by atoms with Crippen LogP contribution < -0.4 is 14.8 Å². The Labute approximate surface area is 174 Å².